The van der Waals surface area contributed by atoms with Gasteiger partial charge in [0.05, 0.1) is 5.52 Å². The first-order valence-electron chi connectivity index (χ1n) is 12.4. The van der Waals surface area contributed by atoms with E-state index in [1.165, 1.54) is 37.8 Å². The molecule has 0 amide bonds. The van der Waals surface area contributed by atoms with Gasteiger partial charge in [-0.3, -0.25) is 14.3 Å². The van der Waals surface area contributed by atoms with Crippen LogP contribution in [0.1, 0.15) is 89.6 Å². The first kappa shape index (κ1) is 21.9. The number of nitrogen functional groups attached to an aromatic ring is 1. The van der Waals surface area contributed by atoms with Crippen LogP contribution < -0.4 is 5.84 Å². The number of fused-ring (bicyclic) bond motifs is 2. The Bertz CT molecular complexity index is 1200. The van der Waals surface area contributed by atoms with Crippen LogP contribution in [0.25, 0.3) is 10.9 Å². The number of carbonyl (C=O) groups excluding carboxylic acids is 2. The van der Waals surface area contributed by atoms with E-state index in [0.29, 0.717) is 35.1 Å². The van der Waals surface area contributed by atoms with Gasteiger partial charge in [0.25, 0.3) is 0 Å². The van der Waals surface area contributed by atoms with Crippen molar-refractivity contribution in [1.82, 2.24) is 9.58 Å². The van der Waals surface area contributed by atoms with E-state index in [4.69, 9.17) is 5.84 Å². The summed E-state index contributed by atoms with van der Waals surface area (Å²) in [4.78, 5) is 28.3. The van der Waals surface area contributed by atoms with Crippen molar-refractivity contribution in [3.63, 3.8) is 0 Å². The fourth-order valence-corrected chi connectivity index (χ4v) is 5.79. The van der Waals surface area contributed by atoms with Crippen molar-refractivity contribution >= 4 is 22.5 Å². The Kier molecular flexibility index (Phi) is 6.07. The van der Waals surface area contributed by atoms with Crippen molar-refractivity contribution in [1.29, 1.82) is 0 Å². The second-order valence-corrected chi connectivity index (χ2v) is 9.71. The normalized spacial score (nSPS) is 21.1. The number of hydrogen-bond donors (Lipinski definition) is 1. The summed E-state index contributed by atoms with van der Waals surface area (Å²) in [5, 5.41) is 1.08. The summed E-state index contributed by atoms with van der Waals surface area (Å²) >= 11 is 0. The summed E-state index contributed by atoms with van der Waals surface area (Å²) in [6.07, 6.45) is 9.59. The summed E-state index contributed by atoms with van der Waals surface area (Å²) in [5.74, 6) is 6.82. The first-order valence-corrected chi connectivity index (χ1v) is 12.4. The quantitative estimate of drug-likeness (QED) is 0.415. The lowest BCUT2D eigenvalue weighted by Crippen LogP contribution is -2.44. The molecule has 2 unspecified atom stereocenters. The SMILES string of the molecule is CCCC(=O)c1cccc(C(=O)c2ccc3c(c2)c(C2CCN4CCCCC4C2)cn3N)c1. The monoisotopic (exact) mass is 443 g/mol. The van der Waals surface area contributed by atoms with Crippen LogP contribution in [0.4, 0.5) is 0 Å². The smallest absolute Gasteiger partial charge is 0.193 e. The van der Waals surface area contributed by atoms with Gasteiger partial charge in [-0.25, -0.2) is 0 Å². The topological polar surface area (TPSA) is 68.3 Å². The molecule has 2 fully saturated rings. The molecule has 2 atom stereocenters. The van der Waals surface area contributed by atoms with E-state index in [0.717, 1.165) is 30.3 Å². The molecule has 2 aromatic carbocycles. The highest BCUT2D eigenvalue weighted by Gasteiger charge is 2.32. The molecule has 0 bridgehead atoms. The Morgan fingerprint density at radius 2 is 1.82 bits per heavy atom. The van der Waals surface area contributed by atoms with Crippen LogP contribution in [-0.2, 0) is 0 Å². The van der Waals surface area contributed by atoms with E-state index < -0.39 is 0 Å². The number of nitrogens with zero attached hydrogens (tertiary/aromatic N) is 2. The Morgan fingerprint density at radius 3 is 2.67 bits per heavy atom. The standard InChI is InChI=1S/C28H33N3O2/c1-2-6-27(32)20-7-5-8-21(15-20)28(33)22-10-11-26-24(17-22)25(18-31(26)29)19-12-14-30-13-4-3-9-23(30)16-19/h5,7-8,10-11,15,17-19,23H,2-4,6,9,12-14,16,29H2,1H3. The first-order chi connectivity index (χ1) is 16.0. The minimum Gasteiger partial charge on any atom is -0.339 e. The third-order valence-corrected chi connectivity index (χ3v) is 7.56. The van der Waals surface area contributed by atoms with E-state index in [1.807, 2.05) is 25.1 Å². The lowest BCUT2D eigenvalue weighted by atomic mass is 9.82. The summed E-state index contributed by atoms with van der Waals surface area (Å²) < 4.78 is 1.70. The third kappa shape index (κ3) is 4.22. The van der Waals surface area contributed by atoms with E-state index in [2.05, 4.69) is 11.1 Å². The molecule has 0 aliphatic carbocycles. The maximum absolute atomic E-state index is 13.3. The molecular weight excluding hydrogens is 410 g/mol. The van der Waals surface area contributed by atoms with Gasteiger partial charge in [-0.1, -0.05) is 31.5 Å². The van der Waals surface area contributed by atoms with Crippen molar-refractivity contribution in [2.24, 2.45) is 0 Å². The summed E-state index contributed by atoms with van der Waals surface area (Å²) in [7, 11) is 0. The molecule has 0 saturated carbocycles. The maximum Gasteiger partial charge on any atom is 0.193 e. The van der Waals surface area contributed by atoms with Gasteiger partial charge in [-0.15, -0.1) is 0 Å². The fraction of sp³-hybridized carbons (Fsp3) is 0.429. The van der Waals surface area contributed by atoms with Crippen molar-refractivity contribution in [3.05, 3.63) is 70.9 Å². The molecule has 172 valence electrons. The molecule has 5 heteroatoms. The number of Topliss-reactive ketones (excluding diaryl/α,β-unsaturated/α-hetero) is 1. The second kappa shape index (κ2) is 9.14. The average molecular weight is 444 g/mol. The van der Waals surface area contributed by atoms with Crippen LogP contribution in [0.3, 0.4) is 0 Å². The van der Waals surface area contributed by atoms with Crippen LogP contribution in [0.2, 0.25) is 0 Å². The lowest BCUT2D eigenvalue weighted by molar-refractivity contribution is 0.0976. The van der Waals surface area contributed by atoms with Crippen LogP contribution in [0.15, 0.2) is 48.7 Å². The van der Waals surface area contributed by atoms with Gasteiger partial charge < -0.3 is 10.7 Å². The Hall–Kier alpha value is -2.92. The molecular formula is C28H33N3O2. The molecule has 2 aliphatic rings. The van der Waals surface area contributed by atoms with Crippen LogP contribution in [-0.4, -0.2) is 40.3 Å². The van der Waals surface area contributed by atoms with Gasteiger partial charge in [0, 0.05) is 40.7 Å². The molecule has 3 aromatic rings. The molecule has 0 spiro atoms. The number of aromatic nitrogens is 1. The summed E-state index contributed by atoms with van der Waals surface area (Å²) in [5.41, 5.74) is 4.03. The van der Waals surface area contributed by atoms with E-state index >= 15 is 0 Å². The third-order valence-electron chi connectivity index (χ3n) is 7.56. The maximum atomic E-state index is 13.3. The second-order valence-electron chi connectivity index (χ2n) is 9.71. The van der Waals surface area contributed by atoms with Crippen molar-refractivity contribution in [2.45, 2.75) is 63.8 Å². The number of ketones is 2. The largest absolute Gasteiger partial charge is 0.339 e. The molecule has 2 N–H and O–H groups in total. The number of hydrogen-bond acceptors (Lipinski definition) is 4. The molecule has 33 heavy (non-hydrogen) atoms. The predicted molar refractivity (Wildman–Crippen MR) is 132 cm³/mol. The average Bonchev–Trinajstić information content (AvgIpc) is 3.19. The van der Waals surface area contributed by atoms with Crippen LogP contribution in [0, 0.1) is 0 Å². The van der Waals surface area contributed by atoms with Crippen molar-refractivity contribution in [3.8, 4) is 0 Å². The zero-order valence-corrected chi connectivity index (χ0v) is 19.4. The van der Waals surface area contributed by atoms with Crippen molar-refractivity contribution in [2.75, 3.05) is 18.9 Å². The van der Waals surface area contributed by atoms with Gasteiger partial charge in [-0.05, 0) is 80.9 Å². The Labute approximate surface area is 195 Å². The summed E-state index contributed by atoms with van der Waals surface area (Å²) in [6.45, 7) is 4.36. The van der Waals surface area contributed by atoms with Gasteiger partial charge in [0.2, 0.25) is 0 Å². The molecule has 2 aliphatic heterocycles. The molecule has 1 aromatic heterocycles. The van der Waals surface area contributed by atoms with Crippen LogP contribution in [0.5, 0.6) is 0 Å². The highest BCUT2D eigenvalue weighted by Crippen LogP contribution is 2.39. The van der Waals surface area contributed by atoms with E-state index in [-0.39, 0.29) is 11.6 Å². The van der Waals surface area contributed by atoms with Crippen LogP contribution >= 0.6 is 0 Å². The summed E-state index contributed by atoms with van der Waals surface area (Å²) in [6, 6.07) is 13.6. The molecule has 3 heterocycles. The van der Waals surface area contributed by atoms with Gasteiger partial charge in [0.1, 0.15) is 0 Å². The minimum absolute atomic E-state index is 0.0548. The van der Waals surface area contributed by atoms with Crippen molar-refractivity contribution < 1.29 is 9.59 Å². The highest BCUT2D eigenvalue weighted by molar-refractivity contribution is 6.12. The number of rotatable bonds is 6. The number of nitrogens with two attached hydrogens (primary N) is 1. The van der Waals surface area contributed by atoms with Gasteiger partial charge in [-0.2, -0.15) is 0 Å². The molecule has 5 rings (SSSR count). The zero-order valence-electron chi connectivity index (χ0n) is 19.4. The number of benzene rings is 2. The Balaban J connectivity index is 1.45. The molecule has 5 nitrogen and oxygen atoms in total. The highest BCUT2D eigenvalue weighted by atomic mass is 16.1. The van der Waals surface area contributed by atoms with Gasteiger partial charge in [0.15, 0.2) is 11.6 Å². The fourth-order valence-electron chi connectivity index (χ4n) is 5.79. The number of carbonyl (C=O) groups is 2. The Morgan fingerprint density at radius 1 is 1.00 bits per heavy atom. The number of piperidine rings is 2. The van der Waals surface area contributed by atoms with Gasteiger partial charge >= 0.3 is 0 Å². The molecule has 0 radical (unpaired) electrons. The zero-order chi connectivity index (χ0) is 22.9. The van der Waals surface area contributed by atoms with E-state index in [9.17, 15) is 9.59 Å². The lowest BCUT2D eigenvalue weighted by Gasteiger charge is -2.42. The minimum atomic E-state index is -0.0548. The predicted octanol–water partition coefficient (Wildman–Crippen LogP) is 5.30. The van der Waals surface area contributed by atoms with E-state index in [1.54, 1.807) is 28.9 Å². The molecule has 2 saturated heterocycles.